The summed E-state index contributed by atoms with van der Waals surface area (Å²) in [7, 11) is 3.27. The summed E-state index contributed by atoms with van der Waals surface area (Å²) in [5.74, 6) is -0.668. The van der Waals surface area contributed by atoms with Crippen LogP contribution in [0.5, 0.6) is 0 Å². The van der Waals surface area contributed by atoms with E-state index in [1.807, 2.05) is 0 Å². The van der Waals surface area contributed by atoms with E-state index in [9.17, 15) is 18.8 Å². The number of rotatable bonds is 6. The molecule has 10 heteroatoms. The highest BCUT2D eigenvalue weighted by atomic mass is 19.1. The van der Waals surface area contributed by atoms with Gasteiger partial charge in [-0.05, 0) is 31.0 Å². The highest BCUT2D eigenvalue weighted by molar-refractivity contribution is 5.91. The normalized spacial score (nSPS) is 22.3. The second-order valence-electron chi connectivity index (χ2n) is 7.53. The summed E-state index contributed by atoms with van der Waals surface area (Å²) < 4.78 is 18.2. The molecule has 0 unspecified atom stereocenters. The summed E-state index contributed by atoms with van der Waals surface area (Å²) in [6, 6.07) is 4.83. The molecule has 0 aromatic heterocycles. The van der Waals surface area contributed by atoms with Gasteiger partial charge >= 0.3 is 6.03 Å². The number of hydrazine groups is 1. The number of hydrogen-bond donors (Lipinski definition) is 1. The van der Waals surface area contributed by atoms with Gasteiger partial charge in [0.25, 0.3) is 0 Å². The molecule has 1 aromatic carbocycles. The second-order valence-corrected chi connectivity index (χ2v) is 7.53. The Morgan fingerprint density at radius 2 is 1.97 bits per heavy atom. The molecule has 1 aromatic rings. The molecule has 2 aliphatic rings. The number of methoxy groups -OCH3 is 1. The van der Waals surface area contributed by atoms with E-state index in [0.717, 1.165) is 5.56 Å². The van der Waals surface area contributed by atoms with Crippen LogP contribution in [-0.4, -0.2) is 90.3 Å². The zero-order valence-electron chi connectivity index (χ0n) is 17.5. The van der Waals surface area contributed by atoms with Gasteiger partial charge in [-0.1, -0.05) is 12.1 Å². The average molecular weight is 421 g/mol. The van der Waals surface area contributed by atoms with Gasteiger partial charge in [0.1, 0.15) is 18.0 Å². The first kappa shape index (κ1) is 22.0. The molecule has 0 aliphatic carbocycles. The lowest BCUT2D eigenvalue weighted by molar-refractivity contribution is -0.185. The maximum absolute atomic E-state index is 13.1. The first-order valence-corrected chi connectivity index (χ1v) is 9.95. The molecule has 3 rings (SSSR count). The predicted molar refractivity (Wildman–Crippen MR) is 106 cm³/mol. The van der Waals surface area contributed by atoms with Crippen LogP contribution in [0.4, 0.5) is 9.18 Å². The van der Waals surface area contributed by atoms with Gasteiger partial charge in [0, 0.05) is 33.9 Å². The Morgan fingerprint density at radius 1 is 1.27 bits per heavy atom. The number of carbonyl (C=O) groups excluding carboxylic acids is 3. The van der Waals surface area contributed by atoms with Crippen molar-refractivity contribution in [3.05, 3.63) is 35.6 Å². The zero-order valence-corrected chi connectivity index (χ0v) is 17.5. The zero-order chi connectivity index (χ0) is 21.8. The van der Waals surface area contributed by atoms with E-state index in [0.29, 0.717) is 19.6 Å². The highest BCUT2D eigenvalue weighted by Gasteiger charge is 2.48. The quantitative estimate of drug-likeness (QED) is 0.681. The number of benzene rings is 1. The van der Waals surface area contributed by atoms with E-state index >= 15 is 0 Å². The lowest BCUT2D eigenvalue weighted by Gasteiger charge is -2.53. The summed E-state index contributed by atoms with van der Waals surface area (Å²) in [4.78, 5) is 41.6. The summed E-state index contributed by atoms with van der Waals surface area (Å²) in [5, 5.41) is 5.87. The van der Waals surface area contributed by atoms with Crippen molar-refractivity contribution in [1.82, 2.24) is 25.1 Å². The number of nitrogens with one attached hydrogen (secondary N) is 1. The average Bonchev–Trinajstić information content (AvgIpc) is 2.70. The van der Waals surface area contributed by atoms with E-state index in [4.69, 9.17) is 4.74 Å². The van der Waals surface area contributed by atoms with Crippen LogP contribution >= 0.6 is 0 Å². The minimum Gasteiger partial charge on any atom is -0.385 e. The van der Waals surface area contributed by atoms with Crippen LogP contribution < -0.4 is 5.32 Å². The molecule has 164 valence electrons. The molecule has 0 bridgehead atoms. The first-order valence-electron chi connectivity index (χ1n) is 9.95. The van der Waals surface area contributed by atoms with Gasteiger partial charge in [-0.3, -0.25) is 9.59 Å². The maximum atomic E-state index is 13.1. The third-order valence-corrected chi connectivity index (χ3v) is 5.43. The lowest BCUT2D eigenvalue weighted by Crippen LogP contribution is -2.75. The standard InChI is InChI=1S/C20H28FN5O4/c1-14-19(28)24(9-4-10-30-3)12-17-25(14)18(27)13-23(2)26(17)20(29)22-11-15-5-7-16(21)8-6-15/h5-8,14,17H,4,9-13H2,1-3H3,(H,22,29)/t14-,17-/m0/s1. The Kier molecular flexibility index (Phi) is 6.88. The Bertz CT molecular complexity index is 790. The third kappa shape index (κ3) is 4.54. The predicted octanol–water partition coefficient (Wildman–Crippen LogP) is 0.620. The largest absolute Gasteiger partial charge is 0.385 e. The van der Waals surface area contributed by atoms with Crippen molar-refractivity contribution in [1.29, 1.82) is 0 Å². The minimum atomic E-state index is -0.653. The van der Waals surface area contributed by atoms with Gasteiger partial charge in [-0.15, -0.1) is 0 Å². The Morgan fingerprint density at radius 3 is 2.63 bits per heavy atom. The van der Waals surface area contributed by atoms with E-state index in [2.05, 4.69) is 5.32 Å². The van der Waals surface area contributed by atoms with Gasteiger partial charge in [0.05, 0.1) is 13.1 Å². The van der Waals surface area contributed by atoms with Crippen molar-refractivity contribution in [2.24, 2.45) is 0 Å². The molecule has 4 amide bonds. The van der Waals surface area contributed by atoms with Crippen LogP contribution in [0.1, 0.15) is 18.9 Å². The van der Waals surface area contributed by atoms with E-state index in [-0.39, 0.29) is 43.3 Å². The molecular weight excluding hydrogens is 393 g/mol. The third-order valence-electron chi connectivity index (χ3n) is 5.43. The molecule has 0 spiro atoms. The van der Waals surface area contributed by atoms with Crippen LogP contribution in [0.25, 0.3) is 0 Å². The van der Waals surface area contributed by atoms with Crippen molar-refractivity contribution < 1.29 is 23.5 Å². The second kappa shape index (κ2) is 9.40. The lowest BCUT2D eigenvalue weighted by atomic mass is 10.1. The minimum absolute atomic E-state index is 0.00175. The van der Waals surface area contributed by atoms with Gasteiger partial charge in [-0.25, -0.2) is 19.2 Å². The van der Waals surface area contributed by atoms with Crippen molar-refractivity contribution >= 4 is 17.8 Å². The van der Waals surface area contributed by atoms with Gasteiger partial charge in [0.2, 0.25) is 11.8 Å². The topological polar surface area (TPSA) is 85.4 Å². The molecule has 2 fully saturated rings. The van der Waals surface area contributed by atoms with E-state index in [1.54, 1.807) is 43.1 Å². The Labute approximate surface area is 175 Å². The van der Waals surface area contributed by atoms with E-state index < -0.39 is 12.2 Å². The first-order chi connectivity index (χ1) is 14.3. The van der Waals surface area contributed by atoms with Crippen LogP contribution in [0.3, 0.4) is 0 Å². The van der Waals surface area contributed by atoms with Crippen molar-refractivity contribution in [2.45, 2.75) is 32.1 Å². The summed E-state index contributed by atoms with van der Waals surface area (Å²) >= 11 is 0. The number of carbonyl (C=O) groups is 3. The van der Waals surface area contributed by atoms with Gasteiger partial charge < -0.3 is 19.9 Å². The molecule has 1 N–H and O–H groups in total. The van der Waals surface area contributed by atoms with Gasteiger partial charge in [-0.2, -0.15) is 0 Å². The monoisotopic (exact) mass is 421 g/mol. The number of ether oxygens (including phenoxy) is 1. The van der Waals surface area contributed by atoms with Crippen molar-refractivity contribution in [2.75, 3.05) is 40.4 Å². The van der Waals surface area contributed by atoms with Crippen LogP contribution in [-0.2, 0) is 20.9 Å². The summed E-state index contributed by atoms with van der Waals surface area (Å²) in [6.07, 6.45) is 0.0714. The molecule has 30 heavy (non-hydrogen) atoms. The SMILES string of the molecule is COCCCN1C[C@H]2N(C(=O)CN(C)N2C(=O)NCc2ccc(F)cc2)[C@@H](C)C1=O. The molecule has 9 nitrogen and oxygen atoms in total. The van der Waals surface area contributed by atoms with E-state index in [1.165, 1.54) is 22.0 Å². The number of urea groups is 1. The van der Waals surface area contributed by atoms with Gasteiger partial charge in [0.15, 0.2) is 0 Å². The summed E-state index contributed by atoms with van der Waals surface area (Å²) in [5.41, 5.74) is 0.755. The molecule has 0 saturated carbocycles. The van der Waals surface area contributed by atoms with Crippen LogP contribution in [0.2, 0.25) is 0 Å². The number of piperazine rings is 1. The number of fused-ring (bicyclic) bond motifs is 1. The highest BCUT2D eigenvalue weighted by Crippen LogP contribution is 2.25. The molecule has 2 atom stereocenters. The number of hydrogen-bond acceptors (Lipinski definition) is 5. The number of nitrogens with zero attached hydrogens (tertiary/aromatic N) is 4. The number of amides is 4. The number of likely N-dealkylation sites (N-methyl/N-ethyl adjacent to an activating group) is 1. The maximum Gasteiger partial charge on any atom is 0.334 e. The summed E-state index contributed by atoms with van der Waals surface area (Å²) in [6.45, 7) is 3.15. The van der Waals surface area contributed by atoms with Crippen molar-refractivity contribution in [3.8, 4) is 0 Å². The van der Waals surface area contributed by atoms with Crippen molar-refractivity contribution in [3.63, 3.8) is 0 Å². The Hall–Kier alpha value is -2.72. The molecule has 2 aliphatic heterocycles. The fourth-order valence-corrected chi connectivity index (χ4v) is 3.93. The van der Waals surface area contributed by atoms with Crippen LogP contribution in [0, 0.1) is 5.82 Å². The van der Waals surface area contributed by atoms with Crippen LogP contribution in [0.15, 0.2) is 24.3 Å². The Balaban J connectivity index is 1.75. The molecule has 2 saturated heterocycles. The molecular formula is C20H28FN5O4. The fraction of sp³-hybridized carbons (Fsp3) is 0.550. The smallest absolute Gasteiger partial charge is 0.334 e. The fourth-order valence-electron chi connectivity index (χ4n) is 3.93. The molecule has 0 radical (unpaired) electrons. The molecule has 2 heterocycles. The number of halogens is 1.